The fourth-order valence-corrected chi connectivity index (χ4v) is 4.73. The third-order valence-corrected chi connectivity index (χ3v) is 7.26. The molecule has 0 N–H and O–H groups in total. The van der Waals surface area contributed by atoms with Crippen LogP contribution in [0.15, 0.2) is 85.9 Å². The van der Waals surface area contributed by atoms with Crippen LogP contribution in [0.5, 0.6) is 11.6 Å². The summed E-state index contributed by atoms with van der Waals surface area (Å²) in [4.78, 5) is 17.2. The lowest BCUT2D eigenvalue weighted by molar-refractivity contribution is 0.460. The first-order valence-corrected chi connectivity index (χ1v) is 12.4. The number of sulfone groups is 1. The minimum Gasteiger partial charge on any atom is -0.438 e. The molecular formula is C25H18BrN3O4S. The molecule has 0 bridgehead atoms. The largest absolute Gasteiger partial charge is 0.438 e. The average Bonchev–Trinajstić information content (AvgIpc) is 2.80. The van der Waals surface area contributed by atoms with Crippen LogP contribution < -0.4 is 10.3 Å². The van der Waals surface area contributed by atoms with Crippen molar-refractivity contribution in [3.8, 4) is 17.7 Å². The van der Waals surface area contributed by atoms with Crippen molar-refractivity contribution in [3.05, 3.63) is 103 Å². The van der Waals surface area contributed by atoms with Crippen LogP contribution in [0.2, 0.25) is 0 Å². The average molecular weight is 536 g/mol. The molecule has 0 saturated carbocycles. The second-order valence-corrected chi connectivity index (χ2v) is 10.4. The minimum absolute atomic E-state index is 0.0747. The van der Waals surface area contributed by atoms with Gasteiger partial charge in [0, 0.05) is 10.7 Å². The van der Waals surface area contributed by atoms with Gasteiger partial charge in [0.25, 0.3) is 5.56 Å². The minimum atomic E-state index is -4.19. The molecule has 0 aliphatic carbocycles. The van der Waals surface area contributed by atoms with Crippen LogP contribution in [0.25, 0.3) is 11.7 Å². The normalized spacial score (nSPS) is 11.9. The van der Waals surface area contributed by atoms with Crippen molar-refractivity contribution in [2.75, 3.05) is 0 Å². The number of fused-ring (bicyclic) bond motifs is 1. The van der Waals surface area contributed by atoms with Gasteiger partial charge in [-0.3, -0.25) is 9.20 Å². The fraction of sp³-hybridized carbons (Fsp3) is 0.0800. The lowest BCUT2D eigenvalue weighted by Gasteiger charge is -2.12. The summed E-state index contributed by atoms with van der Waals surface area (Å²) in [7, 11) is -4.19. The highest BCUT2D eigenvalue weighted by atomic mass is 79.9. The number of hydrogen-bond donors (Lipinski definition) is 0. The van der Waals surface area contributed by atoms with Crippen molar-refractivity contribution in [2.24, 2.45) is 0 Å². The fourth-order valence-electron chi connectivity index (χ4n) is 3.33. The van der Waals surface area contributed by atoms with Crippen LogP contribution in [-0.4, -0.2) is 17.8 Å². The van der Waals surface area contributed by atoms with Crippen molar-refractivity contribution in [1.82, 2.24) is 9.38 Å². The summed E-state index contributed by atoms with van der Waals surface area (Å²) >= 11 is 3.26. The Kier molecular flexibility index (Phi) is 6.37. The maximum Gasteiger partial charge on any atom is 0.269 e. The second kappa shape index (κ2) is 9.25. The Morgan fingerprint density at radius 2 is 1.85 bits per heavy atom. The number of aryl methyl sites for hydroxylation is 2. The zero-order chi connectivity index (χ0) is 24.5. The second-order valence-electron chi connectivity index (χ2n) is 7.52. The highest BCUT2D eigenvalue weighted by Gasteiger charge is 2.24. The van der Waals surface area contributed by atoms with E-state index in [1.54, 1.807) is 55.5 Å². The molecule has 0 aliphatic rings. The number of benzene rings is 2. The van der Waals surface area contributed by atoms with Gasteiger partial charge in [-0.25, -0.2) is 8.42 Å². The molecule has 4 aromatic rings. The Morgan fingerprint density at radius 3 is 2.53 bits per heavy atom. The van der Waals surface area contributed by atoms with E-state index in [1.165, 1.54) is 22.7 Å². The van der Waals surface area contributed by atoms with Gasteiger partial charge >= 0.3 is 0 Å². The summed E-state index contributed by atoms with van der Waals surface area (Å²) in [5, 5.41) is 9.73. The molecule has 2 aromatic carbocycles. The van der Waals surface area contributed by atoms with Crippen LogP contribution in [0.4, 0.5) is 0 Å². The third kappa shape index (κ3) is 4.51. The molecule has 0 aliphatic heterocycles. The smallest absolute Gasteiger partial charge is 0.269 e. The van der Waals surface area contributed by atoms with Gasteiger partial charge in [-0.15, -0.1) is 0 Å². The number of nitrogens with zero attached hydrogens (tertiary/aromatic N) is 3. The lowest BCUT2D eigenvalue weighted by atomic mass is 10.2. The molecule has 0 unspecified atom stereocenters. The molecule has 4 rings (SSSR count). The molecule has 34 heavy (non-hydrogen) atoms. The van der Waals surface area contributed by atoms with Crippen molar-refractivity contribution in [1.29, 1.82) is 5.26 Å². The van der Waals surface area contributed by atoms with E-state index in [1.807, 2.05) is 13.0 Å². The Labute approximate surface area is 204 Å². The number of hydrogen-bond acceptors (Lipinski definition) is 6. The van der Waals surface area contributed by atoms with E-state index in [9.17, 15) is 18.5 Å². The quantitative estimate of drug-likeness (QED) is 0.325. The lowest BCUT2D eigenvalue weighted by Crippen LogP contribution is -2.20. The summed E-state index contributed by atoms with van der Waals surface area (Å²) < 4.78 is 34.2. The van der Waals surface area contributed by atoms with Crippen molar-refractivity contribution < 1.29 is 13.2 Å². The van der Waals surface area contributed by atoms with E-state index in [0.29, 0.717) is 15.9 Å². The van der Waals surface area contributed by atoms with E-state index < -0.39 is 20.3 Å². The predicted octanol–water partition coefficient (Wildman–Crippen LogP) is 5.20. The van der Waals surface area contributed by atoms with Crippen molar-refractivity contribution in [2.45, 2.75) is 18.7 Å². The van der Waals surface area contributed by atoms with E-state index in [0.717, 1.165) is 17.2 Å². The van der Waals surface area contributed by atoms with Crippen molar-refractivity contribution in [3.63, 3.8) is 0 Å². The molecular weight excluding hydrogens is 518 g/mol. The zero-order valence-electron chi connectivity index (χ0n) is 18.2. The molecule has 170 valence electrons. The summed E-state index contributed by atoms with van der Waals surface area (Å²) in [5.41, 5.74) is 1.31. The number of pyridine rings is 1. The van der Waals surface area contributed by atoms with Gasteiger partial charge < -0.3 is 4.74 Å². The molecule has 2 heterocycles. The summed E-state index contributed by atoms with van der Waals surface area (Å²) in [6, 6.07) is 18.2. The van der Waals surface area contributed by atoms with Gasteiger partial charge in [0.1, 0.15) is 27.9 Å². The number of aromatic nitrogens is 2. The van der Waals surface area contributed by atoms with Crippen LogP contribution >= 0.6 is 15.9 Å². The predicted molar refractivity (Wildman–Crippen MR) is 132 cm³/mol. The Morgan fingerprint density at radius 1 is 1.12 bits per heavy atom. The van der Waals surface area contributed by atoms with Crippen molar-refractivity contribution >= 4 is 37.5 Å². The topological polar surface area (TPSA) is 102 Å². The first-order valence-electron chi connectivity index (χ1n) is 10.1. The maximum absolute atomic E-state index is 13.4. The molecule has 0 saturated heterocycles. The maximum atomic E-state index is 13.4. The summed E-state index contributed by atoms with van der Waals surface area (Å²) in [6.45, 7) is 3.69. The van der Waals surface area contributed by atoms with E-state index in [4.69, 9.17) is 4.74 Å². The van der Waals surface area contributed by atoms with Gasteiger partial charge in [0.2, 0.25) is 15.7 Å². The number of allylic oxidation sites excluding steroid dienone is 1. The third-order valence-electron chi connectivity index (χ3n) is 5.05. The van der Waals surface area contributed by atoms with Crippen LogP contribution in [0, 0.1) is 25.2 Å². The summed E-state index contributed by atoms with van der Waals surface area (Å²) in [5.74, 6) is 0.331. The van der Waals surface area contributed by atoms with E-state index in [-0.39, 0.29) is 16.3 Å². The standard InChI is InChI=1S/C25H18BrN3O4S/c1-16-5-3-7-19(13-16)33-24-22(25(30)29-12-4-6-17(2)23(29)28-24)14-21(15-27)34(31,32)20-10-8-18(26)9-11-20/h3-14H,1-2H3/b21-14+. The van der Waals surface area contributed by atoms with E-state index in [2.05, 4.69) is 20.9 Å². The highest BCUT2D eigenvalue weighted by molar-refractivity contribution is 9.10. The number of rotatable bonds is 5. The first kappa shape index (κ1) is 23.4. The van der Waals surface area contributed by atoms with Crippen LogP contribution in [0.1, 0.15) is 16.7 Å². The van der Waals surface area contributed by atoms with Crippen LogP contribution in [-0.2, 0) is 9.84 Å². The molecule has 0 atom stereocenters. The summed E-state index contributed by atoms with van der Waals surface area (Å²) in [6.07, 6.45) is 2.55. The number of halogens is 1. The first-order chi connectivity index (χ1) is 16.2. The highest BCUT2D eigenvalue weighted by Crippen LogP contribution is 2.28. The zero-order valence-corrected chi connectivity index (χ0v) is 20.6. The molecule has 9 heteroatoms. The van der Waals surface area contributed by atoms with Gasteiger partial charge in [0.05, 0.1) is 4.90 Å². The molecule has 7 nitrogen and oxygen atoms in total. The monoisotopic (exact) mass is 535 g/mol. The van der Waals surface area contributed by atoms with Crippen LogP contribution in [0.3, 0.4) is 0 Å². The van der Waals surface area contributed by atoms with Gasteiger partial charge in [-0.2, -0.15) is 10.2 Å². The Balaban J connectivity index is 1.96. The number of ether oxygens (including phenoxy) is 1. The Hall–Kier alpha value is -3.74. The molecule has 0 amide bonds. The van der Waals surface area contributed by atoms with Gasteiger partial charge in [-0.05, 0) is 73.5 Å². The van der Waals surface area contributed by atoms with E-state index >= 15 is 0 Å². The molecule has 0 radical (unpaired) electrons. The molecule has 0 spiro atoms. The van der Waals surface area contributed by atoms with Gasteiger partial charge in [0.15, 0.2) is 0 Å². The Bertz CT molecular complexity index is 1650. The molecule has 0 fully saturated rings. The number of nitriles is 1. The van der Waals surface area contributed by atoms with Gasteiger partial charge in [-0.1, -0.05) is 34.1 Å². The SMILES string of the molecule is Cc1cccc(Oc2nc3c(C)cccn3c(=O)c2/C=C(\C#N)S(=O)(=O)c2ccc(Br)cc2)c1. The molecule has 2 aromatic heterocycles.